The van der Waals surface area contributed by atoms with E-state index in [1.54, 1.807) is 53.4 Å². The van der Waals surface area contributed by atoms with E-state index in [1.807, 2.05) is 0 Å². The van der Waals surface area contributed by atoms with Gasteiger partial charge in [0, 0.05) is 20.1 Å². The predicted molar refractivity (Wildman–Crippen MR) is 114 cm³/mol. The second-order valence-corrected chi connectivity index (χ2v) is 9.11. The standard InChI is InChI=1S/C21H25N3O4S/c1-23(29(2,27)28)19-13-7-5-11-17(19)20(25)22-18-12-6-4-10-16(18)21(26)24-14-8-3-9-15-24/h4-7,10-13H,3,8-9,14-15H2,1-2H3,(H,22,25). The van der Waals surface area contributed by atoms with E-state index >= 15 is 0 Å². The zero-order chi connectivity index (χ0) is 21.0. The molecule has 29 heavy (non-hydrogen) atoms. The van der Waals surface area contributed by atoms with Gasteiger partial charge in [-0.25, -0.2) is 8.42 Å². The number of hydrogen-bond acceptors (Lipinski definition) is 4. The van der Waals surface area contributed by atoms with E-state index in [4.69, 9.17) is 0 Å². The van der Waals surface area contributed by atoms with Gasteiger partial charge in [-0.3, -0.25) is 13.9 Å². The number of nitrogens with one attached hydrogen (secondary N) is 1. The number of sulfonamides is 1. The molecule has 154 valence electrons. The average Bonchev–Trinajstić information content (AvgIpc) is 2.73. The third kappa shape index (κ3) is 4.76. The molecule has 0 bridgehead atoms. The Labute approximate surface area is 171 Å². The number of benzene rings is 2. The average molecular weight is 416 g/mol. The van der Waals surface area contributed by atoms with Gasteiger partial charge in [-0.1, -0.05) is 24.3 Å². The Hall–Kier alpha value is -2.87. The van der Waals surface area contributed by atoms with Crippen molar-refractivity contribution in [2.45, 2.75) is 19.3 Å². The van der Waals surface area contributed by atoms with Crippen LogP contribution in [0.15, 0.2) is 48.5 Å². The van der Waals surface area contributed by atoms with E-state index in [0.717, 1.165) is 29.8 Å². The molecule has 0 atom stereocenters. The van der Waals surface area contributed by atoms with E-state index in [1.165, 1.54) is 7.05 Å². The molecule has 8 heteroatoms. The van der Waals surface area contributed by atoms with Crippen molar-refractivity contribution in [1.29, 1.82) is 0 Å². The van der Waals surface area contributed by atoms with Gasteiger partial charge >= 0.3 is 0 Å². The van der Waals surface area contributed by atoms with Gasteiger partial charge in [0.2, 0.25) is 10.0 Å². The van der Waals surface area contributed by atoms with Crippen LogP contribution in [-0.2, 0) is 10.0 Å². The van der Waals surface area contributed by atoms with E-state index in [0.29, 0.717) is 24.3 Å². The summed E-state index contributed by atoms with van der Waals surface area (Å²) >= 11 is 0. The fourth-order valence-electron chi connectivity index (χ4n) is 3.35. The third-order valence-corrected chi connectivity index (χ3v) is 6.23. The topological polar surface area (TPSA) is 86.8 Å². The first kappa shape index (κ1) is 20.9. The SMILES string of the molecule is CN(c1ccccc1C(=O)Nc1ccccc1C(=O)N1CCCCC1)S(C)(=O)=O. The normalized spacial score (nSPS) is 14.3. The minimum atomic E-state index is -3.53. The molecular formula is C21H25N3O4S. The summed E-state index contributed by atoms with van der Waals surface area (Å²) in [6, 6.07) is 13.3. The quantitative estimate of drug-likeness (QED) is 0.813. The summed E-state index contributed by atoms with van der Waals surface area (Å²) in [6.07, 6.45) is 4.15. The molecule has 1 N–H and O–H groups in total. The summed E-state index contributed by atoms with van der Waals surface area (Å²) in [7, 11) is -2.13. The molecule has 0 radical (unpaired) electrons. The number of rotatable bonds is 5. The molecule has 3 rings (SSSR count). The van der Waals surface area contributed by atoms with E-state index < -0.39 is 15.9 Å². The smallest absolute Gasteiger partial charge is 0.257 e. The van der Waals surface area contributed by atoms with Crippen LogP contribution in [0.5, 0.6) is 0 Å². The molecule has 0 aromatic heterocycles. The fourth-order valence-corrected chi connectivity index (χ4v) is 3.87. The van der Waals surface area contributed by atoms with Gasteiger partial charge in [0.05, 0.1) is 28.8 Å². The number of para-hydroxylation sites is 2. The van der Waals surface area contributed by atoms with Gasteiger partial charge in [0.1, 0.15) is 0 Å². The molecule has 1 fully saturated rings. The Balaban J connectivity index is 1.89. The first-order chi connectivity index (χ1) is 13.8. The minimum Gasteiger partial charge on any atom is -0.339 e. The monoisotopic (exact) mass is 415 g/mol. The van der Waals surface area contributed by atoms with Crippen LogP contribution in [0, 0.1) is 0 Å². The van der Waals surface area contributed by atoms with E-state index in [2.05, 4.69) is 5.32 Å². The zero-order valence-electron chi connectivity index (χ0n) is 16.6. The Bertz CT molecular complexity index is 1010. The van der Waals surface area contributed by atoms with Gasteiger partial charge < -0.3 is 10.2 Å². The zero-order valence-corrected chi connectivity index (χ0v) is 17.4. The highest BCUT2D eigenvalue weighted by Gasteiger charge is 2.23. The van der Waals surface area contributed by atoms with Crippen LogP contribution < -0.4 is 9.62 Å². The first-order valence-corrected chi connectivity index (χ1v) is 11.4. The van der Waals surface area contributed by atoms with Crippen LogP contribution in [-0.4, -0.2) is 51.5 Å². The molecule has 2 aromatic rings. The summed E-state index contributed by atoms with van der Waals surface area (Å²) < 4.78 is 24.9. The summed E-state index contributed by atoms with van der Waals surface area (Å²) in [5.41, 5.74) is 1.31. The minimum absolute atomic E-state index is 0.109. The predicted octanol–water partition coefficient (Wildman–Crippen LogP) is 2.96. The maximum absolute atomic E-state index is 13.0. The Morgan fingerprint density at radius 1 is 0.931 bits per heavy atom. The number of anilines is 2. The molecule has 7 nitrogen and oxygen atoms in total. The van der Waals surface area contributed by atoms with Gasteiger partial charge in [-0.2, -0.15) is 0 Å². The van der Waals surface area contributed by atoms with Crippen molar-refractivity contribution in [1.82, 2.24) is 4.90 Å². The van der Waals surface area contributed by atoms with Gasteiger partial charge in [-0.05, 0) is 43.5 Å². The molecule has 0 unspecified atom stereocenters. The van der Waals surface area contributed by atoms with Gasteiger partial charge in [0.15, 0.2) is 0 Å². The molecule has 1 saturated heterocycles. The van der Waals surface area contributed by atoms with Crippen LogP contribution in [0.4, 0.5) is 11.4 Å². The molecule has 2 amide bonds. The Morgan fingerprint density at radius 3 is 2.17 bits per heavy atom. The number of carbonyl (C=O) groups excluding carboxylic acids is 2. The molecule has 1 aliphatic rings. The highest BCUT2D eigenvalue weighted by Crippen LogP contribution is 2.25. The maximum atomic E-state index is 13.0. The molecule has 0 aliphatic carbocycles. The molecule has 1 heterocycles. The van der Waals surface area contributed by atoms with Crippen molar-refractivity contribution in [2.24, 2.45) is 0 Å². The van der Waals surface area contributed by atoms with Crippen LogP contribution in [0.25, 0.3) is 0 Å². The largest absolute Gasteiger partial charge is 0.339 e. The van der Waals surface area contributed by atoms with Crippen molar-refractivity contribution < 1.29 is 18.0 Å². The second kappa shape index (κ2) is 8.65. The van der Waals surface area contributed by atoms with Crippen LogP contribution >= 0.6 is 0 Å². The van der Waals surface area contributed by atoms with Gasteiger partial charge in [0.25, 0.3) is 11.8 Å². The molecule has 2 aromatic carbocycles. The number of hydrogen-bond donors (Lipinski definition) is 1. The lowest BCUT2D eigenvalue weighted by atomic mass is 10.1. The number of nitrogens with zero attached hydrogens (tertiary/aromatic N) is 2. The van der Waals surface area contributed by atoms with Crippen molar-refractivity contribution in [3.05, 3.63) is 59.7 Å². The molecule has 0 saturated carbocycles. The fraction of sp³-hybridized carbons (Fsp3) is 0.333. The first-order valence-electron chi connectivity index (χ1n) is 9.51. The lowest BCUT2D eigenvalue weighted by Crippen LogP contribution is -2.36. The van der Waals surface area contributed by atoms with Crippen LogP contribution in [0.1, 0.15) is 40.0 Å². The molecule has 1 aliphatic heterocycles. The van der Waals surface area contributed by atoms with Crippen molar-refractivity contribution in [3.8, 4) is 0 Å². The highest BCUT2D eigenvalue weighted by atomic mass is 32.2. The Kier molecular flexibility index (Phi) is 6.22. The summed E-state index contributed by atoms with van der Waals surface area (Å²) in [6.45, 7) is 1.42. The number of amides is 2. The third-order valence-electron chi connectivity index (χ3n) is 5.03. The Morgan fingerprint density at radius 2 is 1.52 bits per heavy atom. The molecular weight excluding hydrogens is 390 g/mol. The van der Waals surface area contributed by atoms with Crippen LogP contribution in [0.2, 0.25) is 0 Å². The lowest BCUT2D eigenvalue weighted by molar-refractivity contribution is 0.0725. The number of carbonyl (C=O) groups is 2. The van der Waals surface area contributed by atoms with Crippen molar-refractivity contribution in [2.75, 3.05) is 36.0 Å². The highest BCUT2D eigenvalue weighted by molar-refractivity contribution is 7.92. The molecule has 0 spiro atoms. The second-order valence-electron chi connectivity index (χ2n) is 7.10. The summed E-state index contributed by atoms with van der Waals surface area (Å²) in [5.74, 6) is -0.586. The number of piperidine rings is 1. The van der Waals surface area contributed by atoms with Gasteiger partial charge in [-0.15, -0.1) is 0 Å². The van der Waals surface area contributed by atoms with E-state index in [9.17, 15) is 18.0 Å². The summed E-state index contributed by atoms with van der Waals surface area (Å²) in [5, 5.41) is 2.79. The van der Waals surface area contributed by atoms with E-state index in [-0.39, 0.29) is 17.2 Å². The number of likely N-dealkylation sites (tertiary alicyclic amines) is 1. The van der Waals surface area contributed by atoms with Crippen molar-refractivity contribution in [3.63, 3.8) is 0 Å². The lowest BCUT2D eigenvalue weighted by Gasteiger charge is -2.27. The maximum Gasteiger partial charge on any atom is 0.257 e. The van der Waals surface area contributed by atoms with Crippen LogP contribution in [0.3, 0.4) is 0 Å². The summed E-state index contributed by atoms with van der Waals surface area (Å²) in [4.78, 5) is 27.7. The van der Waals surface area contributed by atoms with Crippen molar-refractivity contribution >= 4 is 33.2 Å².